The van der Waals surface area contributed by atoms with Gasteiger partial charge in [-0.15, -0.1) is 0 Å². The number of fused-ring (bicyclic) bond motifs is 3. The van der Waals surface area contributed by atoms with Gasteiger partial charge in [-0.2, -0.15) is 0 Å². The Kier molecular flexibility index (Phi) is 6.30. The molecule has 2 aliphatic heterocycles. The summed E-state index contributed by atoms with van der Waals surface area (Å²) in [6, 6.07) is 31.7. The van der Waals surface area contributed by atoms with Crippen molar-refractivity contribution in [2.45, 2.75) is 51.1 Å². The summed E-state index contributed by atoms with van der Waals surface area (Å²) >= 11 is 0. The summed E-state index contributed by atoms with van der Waals surface area (Å²) in [7, 11) is 0. The highest BCUT2D eigenvalue weighted by Gasteiger charge is 2.78. The van der Waals surface area contributed by atoms with Crippen molar-refractivity contribution in [3.8, 4) is 22.3 Å². The fourth-order valence-corrected chi connectivity index (χ4v) is 7.04. The molecule has 2 saturated carbocycles. The Hall–Kier alpha value is -4.26. The minimum absolute atomic E-state index is 0.165. The second-order valence-corrected chi connectivity index (χ2v) is 13.0. The van der Waals surface area contributed by atoms with Crippen LogP contribution in [0.2, 0.25) is 0 Å². The molecule has 0 aromatic heterocycles. The van der Waals surface area contributed by atoms with Gasteiger partial charge in [0.05, 0.1) is 47.4 Å². The molecule has 8 rings (SSSR count). The van der Waals surface area contributed by atoms with Crippen LogP contribution in [0.25, 0.3) is 22.3 Å². The quantitative estimate of drug-likeness (QED) is 0.227. The average Bonchev–Trinajstić information content (AvgIpc) is 3.82. The number of carbonyl (C=O) groups is 2. The number of benzene rings is 4. The molecule has 2 heterocycles. The number of carbonyl (C=O) groups excluding carboxylic acids is 2. The van der Waals surface area contributed by atoms with Crippen molar-refractivity contribution >= 4 is 11.9 Å². The Labute approximate surface area is 256 Å². The predicted octanol–water partition coefficient (Wildman–Crippen LogP) is 6.97. The molecule has 44 heavy (non-hydrogen) atoms. The lowest BCUT2D eigenvalue weighted by Gasteiger charge is -2.17. The Balaban J connectivity index is 0.873. The molecule has 0 radical (unpaired) electrons. The van der Waals surface area contributed by atoms with E-state index in [-0.39, 0.29) is 47.2 Å². The number of rotatable bonds is 6. The van der Waals surface area contributed by atoms with E-state index in [1.165, 1.54) is 11.1 Å². The minimum Gasteiger partial charge on any atom is -0.458 e. The van der Waals surface area contributed by atoms with Gasteiger partial charge < -0.3 is 18.9 Å². The standard InChI is InChI=1S/C38H34O6/c1-23-3-7-25(8-4-23)27-11-15-29(16-12-27)35(39)43-31-19-37(31)21-41-34-33(37)42-22-38(34)20-32(38)44-36(40)30-17-13-28(14-18-30)26-9-5-24(2)6-10-26/h3-18,31-34H,19-22H2,1-2H3/t31-,32-,33?,34?,37?,38?/m0/s1. The first-order valence-corrected chi connectivity index (χ1v) is 15.3. The maximum atomic E-state index is 13.0. The van der Waals surface area contributed by atoms with Gasteiger partial charge in [0.2, 0.25) is 0 Å². The molecule has 6 nitrogen and oxygen atoms in total. The van der Waals surface area contributed by atoms with E-state index < -0.39 is 0 Å². The zero-order chi connectivity index (χ0) is 30.1. The third kappa shape index (κ3) is 4.56. The Bertz CT molecular complexity index is 1600. The van der Waals surface area contributed by atoms with Crippen molar-refractivity contribution in [1.29, 1.82) is 0 Å². The summed E-state index contributed by atoms with van der Waals surface area (Å²) in [4.78, 5) is 26.0. The SMILES string of the molecule is Cc1ccc(-c2ccc(C(=O)O[C@H]3CC34COC3C4OCC34C[C@@H]4OC(=O)c3ccc(-c4ccc(C)cc4)cc3)cc2)cc1. The summed E-state index contributed by atoms with van der Waals surface area (Å²) in [5, 5.41) is 0. The summed E-state index contributed by atoms with van der Waals surface area (Å²) in [6.07, 6.45) is 0.612. The molecular weight excluding hydrogens is 552 g/mol. The third-order valence-corrected chi connectivity index (χ3v) is 10.1. The van der Waals surface area contributed by atoms with E-state index in [2.05, 4.69) is 62.4 Å². The number of ether oxygens (including phenoxy) is 4. The average molecular weight is 587 g/mol. The largest absolute Gasteiger partial charge is 0.458 e. The molecule has 0 bridgehead atoms. The van der Waals surface area contributed by atoms with E-state index in [1.807, 2.05) is 48.5 Å². The van der Waals surface area contributed by atoms with Crippen LogP contribution in [0.5, 0.6) is 0 Å². The smallest absolute Gasteiger partial charge is 0.338 e. The Morgan fingerprint density at radius 1 is 0.545 bits per heavy atom. The molecule has 4 unspecified atom stereocenters. The molecule has 4 aromatic rings. The van der Waals surface area contributed by atoms with Crippen LogP contribution in [-0.4, -0.2) is 49.6 Å². The summed E-state index contributed by atoms with van der Waals surface area (Å²) in [6.45, 7) is 5.09. The molecule has 222 valence electrons. The van der Waals surface area contributed by atoms with E-state index in [9.17, 15) is 9.59 Å². The zero-order valence-corrected chi connectivity index (χ0v) is 24.8. The van der Waals surface area contributed by atoms with Gasteiger partial charge in [0.1, 0.15) is 12.2 Å². The molecule has 0 N–H and O–H groups in total. The van der Waals surface area contributed by atoms with Gasteiger partial charge >= 0.3 is 11.9 Å². The molecular formula is C38H34O6. The fraction of sp³-hybridized carbons (Fsp3) is 0.316. The van der Waals surface area contributed by atoms with Gasteiger partial charge in [-0.25, -0.2) is 9.59 Å². The lowest BCUT2D eigenvalue weighted by atomic mass is 9.92. The van der Waals surface area contributed by atoms with Crippen LogP contribution in [0.3, 0.4) is 0 Å². The lowest BCUT2D eigenvalue weighted by molar-refractivity contribution is 0.0127. The van der Waals surface area contributed by atoms with Crippen LogP contribution in [0.4, 0.5) is 0 Å². The highest BCUT2D eigenvalue weighted by molar-refractivity contribution is 5.91. The van der Waals surface area contributed by atoms with E-state index in [4.69, 9.17) is 18.9 Å². The van der Waals surface area contributed by atoms with Crippen molar-refractivity contribution in [2.75, 3.05) is 13.2 Å². The van der Waals surface area contributed by atoms with Gasteiger partial charge in [-0.3, -0.25) is 0 Å². The van der Waals surface area contributed by atoms with Gasteiger partial charge in [-0.05, 0) is 73.2 Å². The summed E-state index contributed by atoms with van der Waals surface area (Å²) in [5.74, 6) is -0.657. The molecule has 2 saturated heterocycles. The number of aryl methyl sites for hydroxylation is 2. The van der Waals surface area contributed by atoms with Crippen molar-refractivity contribution in [1.82, 2.24) is 0 Å². The molecule has 2 spiro atoms. The van der Waals surface area contributed by atoms with Crippen molar-refractivity contribution in [3.05, 3.63) is 119 Å². The molecule has 0 amide bonds. The predicted molar refractivity (Wildman–Crippen MR) is 165 cm³/mol. The third-order valence-electron chi connectivity index (χ3n) is 10.1. The van der Waals surface area contributed by atoms with Crippen molar-refractivity contribution < 1.29 is 28.5 Å². The Morgan fingerprint density at radius 2 is 0.864 bits per heavy atom. The van der Waals surface area contributed by atoms with Crippen LogP contribution < -0.4 is 0 Å². The van der Waals surface area contributed by atoms with E-state index in [0.717, 1.165) is 35.1 Å². The van der Waals surface area contributed by atoms with Crippen LogP contribution in [0.15, 0.2) is 97.1 Å². The van der Waals surface area contributed by atoms with Crippen LogP contribution in [0.1, 0.15) is 44.7 Å². The minimum atomic E-state index is -0.329. The number of esters is 2. The molecule has 2 aliphatic carbocycles. The highest BCUT2D eigenvalue weighted by Crippen LogP contribution is 2.68. The first-order chi connectivity index (χ1) is 21.3. The topological polar surface area (TPSA) is 71.1 Å². The molecule has 6 atom stereocenters. The van der Waals surface area contributed by atoms with E-state index in [1.54, 1.807) is 0 Å². The van der Waals surface area contributed by atoms with Crippen molar-refractivity contribution in [2.24, 2.45) is 10.8 Å². The first kappa shape index (κ1) is 27.3. The van der Waals surface area contributed by atoms with Gasteiger partial charge in [-0.1, -0.05) is 83.9 Å². The van der Waals surface area contributed by atoms with Crippen LogP contribution >= 0.6 is 0 Å². The monoisotopic (exact) mass is 586 g/mol. The Morgan fingerprint density at radius 3 is 1.20 bits per heavy atom. The summed E-state index contributed by atoms with van der Waals surface area (Å²) < 4.78 is 24.5. The van der Waals surface area contributed by atoms with Crippen LogP contribution in [0, 0.1) is 24.7 Å². The molecule has 4 aliphatic rings. The van der Waals surface area contributed by atoms with E-state index in [0.29, 0.717) is 24.3 Å². The molecule has 4 fully saturated rings. The number of hydrogen-bond acceptors (Lipinski definition) is 6. The summed E-state index contributed by atoms with van der Waals surface area (Å²) in [5.41, 5.74) is 7.16. The fourth-order valence-electron chi connectivity index (χ4n) is 7.04. The second-order valence-electron chi connectivity index (χ2n) is 13.0. The van der Waals surface area contributed by atoms with Crippen molar-refractivity contribution in [3.63, 3.8) is 0 Å². The molecule has 6 heteroatoms. The highest BCUT2D eigenvalue weighted by atomic mass is 16.6. The molecule has 4 aromatic carbocycles. The second kappa shape index (κ2) is 10.1. The van der Waals surface area contributed by atoms with Gasteiger partial charge in [0.25, 0.3) is 0 Å². The lowest BCUT2D eigenvalue weighted by Crippen LogP contribution is -2.32. The number of hydrogen-bond donors (Lipinski definition) is 0. The normalized spacial score (nSPS) is 29.4. The zero-order valence-electron chi connectivity index (χ0n) is 24.8. The maximum Gasteiger partial charge on any atom is 0.338 e. The van der Waals surface area contributed by atoms with E-state index >= 15 is 0 Å². The van der Waals surface area contributed by atoms with Gasteiger partial charge in [0.15, 0.2) is 0 Å². The maximum absolute atomic E-state index is 13.0. The van der Waals surface area contributed by atoms with Crippen LogP contribution in [-0.2, 0) is 18.9 Å². The van der Waals surface area contributed by atoms with Gasteiger partial charge in [0, 0.05) is 0 Å². The first-order valence-electron chi connectivity index (χ1n) is 15.3.